The Bertz CT molecular complexity index is 1050. The van der Waals surface area contributed by atoms with Crippen LogP contribution in [0.25, 0.3) is 16.6 Å². The molecule has 3 aromatic heterocycles. The summed E-state index contributed by atoms with van der Waals surface area (Å²) in [6.07, 6.45) is -2.08. The third kappa shape index (κ3) is 3.70. The van der Waals surface area contributed by atoms with Crippen molar-refractivity contribution in [3.8, 4) is 17.0 Å². The van der Waals surface area contributed by atoms with Crippen LogP contribution in [0.2, 0.25) is 0 Å². The van der Waals surface area contributed by atoms with Crippen LogP contribution in [0.1, 0.15) is 22.3 Å². The lowest BCUT2D eigenvalue weighted by Gasteiger charge is -2.28. The lowest BCUT2D eigenvalue weighted by molar-refractivity contribution is -0.235. The standard InChI is InChI=1S/C17H16F4N4O2/c1-16(2,17(19,20)21)27-15-12(18)6-11(8-22-15)10-4-5-25-14(7-10)13(9-26-3)23-24-25/h4-8H,9H2,1-3H3/i9D2. The van der Waals surface area contributed by atoms with Crippen LogP contribution in [0.5, 0.6) is 5.88 Å². The summed E-state index contributed by atoms with van der Waals surface area (Å²) in [6, 6.07) is 4.02. The molecule has 0 aromatic carbocycles. The molecule has 0 atom stereocenters. The summed E-state index contributed by atoms with van der Waals surface area (Å²) < 4.78 is 79.7. The third-order valence-corrected chi connectivity index (χ3v) is 3.79. The van der Waals surface area contributed by atoms with Gasteiger partial charge in [0, 0.05) is 25.1 Å². The molecule has 0 aliphatic heterocycles. The first-order valence-corrected chi connectivity index (χ1v) is 7.68. The second kappa shape index (κ2) is 6.76. The van der Waals surface area contributed by atoms with Gasteiger partial charge in [-0.05, 0) is 37.6 Å². The molecular formula is C17H16F4N4O2. The molecule has 0 radical (unpaired) electrons. The van der Waals surface area contributed by atoms with E-state index in [0.717, 1.165) is 26.1 Å². The number of ether oxygens (including phenoxy) is 2. The highest BCUT2D eigenvalue weighted by atomic mass is 19.4. The number of pyridine rings is 2. The molecule has 0 unspecified atom stereocenters. The quantitative estimate of drug-likeness (QED) is 0.625. The topological polar surface area (TPSA) is 61.5 Å². The minimum atomic E-state index is -4.71. The first kappa shape index (κ1) is 16.4. The van der Waals surface area contributed by atoms with Gasteiger partial charge in [-0.2, -0.15) is 13.2 Å². The zero-order valence-electron chi connectivity index (χ0n) is 16.5. The molecule has 6 nitrogen and oxygen atoms in total. The predicted molar refractivity (Wildman–Crippen MR) is 87.7 cm³/mol. The fourth-order valence-corrected chi connectivity index (χ4v) is 2.20. The van der Waals surface area contributed by atoms with Crippen molar-refractivity contribution in [1.82, 2.24) is 19.8 Å². The molecule has 0 N–H and O–H groups in total. The van der Waals surface area contributed by atoms with Crippen molar-refractivity contribution in [1.29, 1.82) is 0 Å². The van der Waals surface area contributed by atoms with Crippen LogP contribution in [-0.4, -0.2) is 38.7 Å². The summed E-state index contributed by atoms with van der Waals surface area (Å²) in [7, 11) is 1.18. The minimum absolute atomic E-state index is 0.0813. The molecule has 0 spiro atoms. The van der Waals surface area contributed by atoms with Crippen LogP contribution in [-0.2, 0) is 11.3 Å². The first-order chi connectivity index (χ1) is 13.4. The zero-order chi connectivity index (χ0) is 21.6. The molecule has 144 valence electrons. The summed E-state index contributed by atoms with van der Waals surface area (Å²) in [5, 5.41) is 7.56. The fraction of sp³-hybridized carbons (Fsp3) is 0.353. The van der Waals surface area contributed by atoms with E-state index in [9.17, 15) is 17.6 Å². The Labute approximate surface area is 154 Å². The maximum absolute atomic E-state index is 14.4. The van der Waals surface area contributed by atoms with E-state index < -0.39 is 30.0 Å². The lowest BCUT2D eigenvalue weighted by Crippen LogP contribution is -2.45. The van der Waals surface area contributed by atoms with Crippen LogP contribution in [0, 0.1) is 5.82 Å². The highest BCUT2D eigenvalue weighted by Gasteiger charge is 2.50. The molecule has 3 aromatic rings. The Morgan fingerprint density at radius 3 is 2.59 bits per heavy atom. The average molecular weight is 386 g/mol. The number of halogens is 4. The van der Waals surface area contributed by atoms with Crippen molar-refractivity contribution >= 4 is 5.52 Å². The second-order valence-electron chi connectivity index (χ2n) is 6.11. The van der Waals surface area contributed by atoms with Crippen LogP contribution >= 0.6 is 0 Å². The van der Waals surface area contributed by atoms with Gasteiger partial charge in [-0.15, -0.1) is 5.10 Å². The first-order valence-electron chi connectivity index (χ1n) is 8.68. The maximum atomic E-state index is 14.4. The number of rotatable bonds is 5. The minimum Gasteiger partial charge on any atom is -0.460 e. The van der Waals surface area contributed by atoms with E-state index >= 15 is 0 Å². The molecule has 3 rings (SSSR count). The summed E-state index contributed by atoms with van der Waals surface area (Å²) >= 11 is 0. The second-order valence-corrected chi connectivity index (χ2v) is 6.11. The van der Waals surface area contributed by atoms with E-state index in [-0.39, 0.29) is 16.8 Å². The van der Waals surface area contributed by atoms with E-state index in [1.54, 1.807) is 6.07 Å². The number of fused-ring (bicyclic) bond motifs is 1. The monoisotopic (exact) mass is 386 g/mol. The molecule has 0 aliphatic rings. The maximum Gasteiger partial charge on any atom is 0.427 e. The normalized spacial score (nSPS) is 14.2. The highest BCUT2D eigenvalue weighted by molar-refractivity contribution is 5.69. The van der Waals surface area contributed by atoms with E-state index in [0.29, 0.717) is 5.56 Å². The van der Waals surface area contributed by atoms with Gasteiger partial charge in [-0.3, -0.25) is 0 Å². The fourth-order valence-electron chi connectivity index (χ4n) is 2.20. The van der Waals surface area contributed by atoms with Crippen molar-refractivity contribution in [3.63, 3.8) is 0 Å². The van der Waals surface area contributed by atoms with Crippen LogP contribution in [0.15, 0.2) is 30.6 Å². The zero-order valence-corrected chi connectivity index (χ0v) is 14.5. The van der Waals surface area contributed by atoms with E-state index in [2.05, 4.69) is 15.3 Å². The van der Waals surface area contributed by atoms with Crippen LogP contribution in [0.3, 0.4) is 0 Å². The van der Waals surface area contributed by atoms with E-state index in [1.807, 2.05) is 0 Å². The largest absolute Gasteiger partial charge is 0.460 e. The third-order valence-electron chi connectivity index (χ3n) is 3.79. The number of hydrogen-bond donors (Lipinski definition) is 0. The van der Waals surface area contributed by atoms with Gasteiger partial charge in [0.05, 0.1) is 14.8 Å². The van der Waals surface area contributed by atoms with Crippen molar-refractivity contribution in [3.05, 3.63) is 42.1 Å². The summed E-state index contributed by atoms with van der Waals surface area (Å²) in [4.78, 5) is 3.67. The van der Waals surface area contributed by atoms with Gasteiger partial charge in [-0.25, -0.2) is 13.9 Å². The SMILES string of the molecule is [2H]C([2H])(OC)c1nnn2ccc(-c3cnc(OC(C)(C)C(F)(F)F)c(F)c3)cc12. The van der Waals surface area contributed by atoms with Crippen molar-refractivity contribution < 1.29 is 29.8 Å². The van der Waals surface area contributed by atoms with Crippen molar-refractivity contribution in [2.75, 3.05) is 7.11 Å². The number of nitrogens with zero attached hydrogens (tertiary/aromatic N) is 4. The number of aromatic nitrogens is 4. The Morgan fingerprint density at radius 1 is 1.22 bits per heavy atom. The van der Waals surface area contributed by atoms with Crippen molar-refractivity contribution in [2.45, 2.75) is 32.2 Å². The molecule has 10 heteroatoms. The van der Waals surface area contributed by atoms with Gasteiger partial charge in [0.25, 0.3) is 5.88 Å². The van der Waals surface area contributed by atoms with Crippen LogP contribution < -0.4 is 4.74 Å². The van der Waals surface area contributed by atoms with Gasteiger partial charge in [-0.1, -0.05) is 5.21 Å². The number of alkyl halides is 3. The molecule has 0 saturated carbocycles. The Kier molecular flexibility index (Phi) is 4.12. The molecular weight excluding hydrogens is 368 g/mol. The number of methoxy groups -OCH3 is 1. The molecule has 3 heterocycles. The summed E-state index contributed by atoms with van der Waals surface area (Å²) in [5.74, 6) is -1.85. The van der Waals surface area contributed by atoms with E-state index in [4.69, 9.17) is 12.2 Å². The Morgan fingerprint density at radius 2 is 1.96 bits per heavy atom. The molecule has 0 fully saturated rings. The average Bonchev–Trinajstić information content (AvgIpc) is 3.06. The van der Waals surface area contributed by atoms with Crippen LogP contribution in [0.4, 0.5) is 17.6 Å². The lowest BCUT2D eigenvalue weighted by atomic mass is 10.1. The van der Waals surface area contributed by atoms with E-state index in [1.165, 1.54) is 23.9 Å². The Balaban J connectivity index is 1.98. The smallest absolute Gasteiger partial charge is 0.427 e. The molecule has 27 heavy (non-hydrogen) atoms. The van der Waals surface area contributed by atoms with Crippen molar-refractivity contribution in [2.24, 2.45) is 0 Å². The summed E-state index contributed by atoms with van der Waals surface area (Å²) in [6.45, 7) is -0.660. The van der Waals surface area contributed by atoms with Gasteiger partial charge < -0.3 is 9.47 Å². The molecule has 0 bridgehead atoms. The predicted octanol–water partition coefficient (Wildman–Crippen LogP) is 3.80. The van der Waals surface area contributed by atoms with Gasteiger partial charge >= 0.3 is 6.18 Å². The van der Waals surface area contributed by atoms with Gasteiger partial charge in [0.15, 0.2) is 11.4 Å². The highest BCUT2D eigenvalue weighted by Crippen LogP contribution is 2.35. The van der Waals surface area contributed by atoms with Gasteiger partial charge in [0.1, 0.15) is 5.69 Å². The summed E-state index contributed by atoms with van der Waals surface area (Å²) in [5.41, 5.74) is -1.77. The molecule has 0 aliphatic carbocycles. The molecule has 0 amide bonds. The molecule has 0 saturated heterocycles. The number of hydrogen-bond acceptors (Lipinski definition) is 5. The Hall–Kier alpha value is -2.75. The van der Waals surface area contributed by atoms with Gasteiger partial charge in [0.2, 0.25) is 0 Å².